The van der Waals surface area contributed by atoms with E-state index in [0.29, 0.717) is 0 Å². The minimum absolute atomic E-state index is 0.0268. The van der Waals surface area contributed by atoms with Crippen LogP contribution in [0.4, 0.5) is 0 Å². The van der Waals surface area contributed by atoms with Crippen LogP contribution >= 0.6 is 11.3 Å². The molecule has 0 aliphatic carbocycles. The molecule has 0 saturated heterocycles. The Morgan fingerprint density at radius 2 is 1.90 bits per heavy atom. The van der Waals surface area contributed by atoms with Gasteiger partial charge >= 0.3 is 0 Å². The van der Waals surface area contributed by atoms with Crippen LogP contribution in [0.3, 0.4) is 0 Å². The van der Waals surface area contributed by atoms with Gasteiger partial charge in [-0.2, -0.15) is 0 Å². The van der Waals surface area contributed by atoms with Crippen LogP contribution in [0.15, 0.2) is 48.5 Å². The molecule has 3 aromatic rings. The smallest absolute Gasteiger partial charge is 0.125 e. The lowest BCUT2D eigenvalue weighted by Gasteiger charge is -2.25. The molecular formula is C18H16O2S. The van der Waals surface area contributed by atoms with Gasteiger partial charge in [-0.25, -0.2) is 0 Å². The van der Waals surface area contributed by atoms with Gasteiger partial charge in [-0.1, -0.05) is 36.4 Å². The van der Waals surface area contributed by atoms with E-state index in [4.69, 9.17) is 9.47 Å². The molecule has 1 aromatic heterocycles. The van der Waals surface area contributed by atoms with Gasteiger partial charge in [-0.15, -0.1) is 11.3 Å². The monoisotopic (exact) mass is 296 g/mol. The molecule has 3 heteroatoms. The van der Waals surface area contributed by atoms with Crippen LogP contribution in [0.25, 0.3) is 10.1 Å². The highest BCUT2D eigenvalue weighted by Gasteiger charge is 2.28. The Morgan fingerprint density at radius 1 is 1.10 bits per heavy atom. The summed E-state index contributed by atoms with van der Waals surface area (Å²) in [7, 11) is 1.72. The Morgan fingerprint density at radius 3 is 2.81 bits per heavy atom. The van der Waals surface area contributed by atoms with E-state index in [-0.39, 0.29) is 6.10 Å². The summed E-state index contributed by atoms with van der Waals surface area (Å²) in [6.07, 6.45) is 0.974. The Kier molecular flexibility index (Phi) is 3.17. The summed E-state index contributed by atoms with van der Waals surface area (Å²) in [6.45, 7) is 0.766. The Balaban J connectivity index is 1.94. The quantitative estimate of drug-likeness (QED) is 0.689. The number of ether oxygens (including phenoxy) is 2. The normalized spacial score (nSPS) is 17.7. The van der Waals surface area contributed by atoms with E-state index in [1.807, 2.05) is 29.5 Å². The molecule has 0 N–H and O–H groups in total. The second kappa shape index (κ2) is 5.17. The third-order valence-corrected chi connectivity index (χ3v) is 5.25. The summed E-state index contributed by atoms with van der Waals surface area (Å²) in [6, 6.07) is 16.7. The fraction of sp³-hybridized carbons (Fsp3) is 0.222. The first-order valence-electron chi connectivity index (χ1n) is 7.13. The molecule has 2 nitrogen and oxygen atoms in total. The van der Waals surface area contributed by atoms with Crippen molar-refractivity contribution >= 4 is 21.4 Å². The Labute approximate surface area is 127 Å². The molecule has 0 spiro atoms. The lowest BCUT2D eigenvalue weighted by Crippen LogP contribution is -2.16. The second-order valence-corrected chi connectivity index (χ2v) is 6.31. The van der Waals surface area contributed by atoms with Gasteiger partial charge in [0.05, 0.1) is 13.7 Å². The number of fused-ring (bicyclic) bond motifs is 3. The van der Waals surface area contributed by atoms with E-state index in [2.05, 4.69) is 30.3 Å². The van der Waals surface area contributed by atoms with Gasteiger partial charge in [0.25, 0.3) is 0 Å². The fourth-order valence-corrected chi connectivity index (χ4v) is 4.28. The topological polar surface area (TPSA) is 18.5 Å². The van der Waals surface area contributed by atoms with Crippen molar-refractivity contribution in [2.45, 2.75) is 12.5 Å². The predicted octanol–water partition coefficient (Wildman–Crippen LogP) is 4.57. The average molecular weight is 296 g/mol. The van der Waals surface area contributed by atoms with Gasteiger partial charge in [0.15, 0.2) is 0 Å². The van der Waals surface area contributed by atoms with Crippen LogP contribution in [-0.2, 0) is 11.2 Å². The Hall–Kier alpha value is -1.84. The lowest BCUT2D eigenvalue weighted by atomic mass is 9.95. The summed E-state index contributed by atoms with van der Waals surface area (Å²) in [4.78, 5) is 1.44. The molecule has 106 valence electrons. The van der Waals surface area contributed by atoms with Crippen LogP contribution < -0.4 is 4.74 Å². The molecule has 0 radical (unpaired) electrons. The highest BCUT2D eigenvalue weighted by atomic mass is 32.1. The number of rotatable bonds is 2. The van der Waals surface area contributed by atoms with Crippen LogP contribution in [0.1, 0.15) is 22.1 Å². The third kappa shape index (κ3) is 2.04. The van der Waals surface area contributed by atoms with Crippen molar-refractivity contribution in [1.82, 2.24) is 0 Å². The van der Waals surface area contributed by atoms with Crippen molar-refractivity contribution in [1.29, 1.82) is 0 Å². The van der Waals surface area contributed by atoms with E-state index >= 15 is 0 Å². The third-order valence-electron chi connectivity index (χ3n) is 4.01. The van der Waals surface area contributed by atoms with Crippen molar-refractivity contribution in [2.24, 2.45) is 0 Å². The van der Waals surface area contributed by atoms with E-state index in [9.17, 15) is 0 Å². The number of para-hydroxylation sites is 1. The van der Waals surface area contributed by atoms with Gasteiger partial charge in [-0.05, 0) is 17.5 Å². The van der Waals surface area contributed by atoms with Gasteiger partial charge in [-0.3, -0.25) is 0 Å². The highest BCUT2D eigenvalue weighted by Crippen LogP contribution is 2.44. The summed E-state index contributed by atoms with van der Waals surface area (Å²) in [5.41, 5.74) is 2.44. The summed E-state index contributed by atoms with van der Waals surface area (Å²) < 4.78 is 13.0. The maximum Gasteiger partial charge on any atom is 0.125 e. The first kappa shape index (κ1) is 12.9. The summed E-state index contributed by atoms with van der Waals surface area (Å²) >= 11 is 1.89. The molecule has 21 heavy (non-hydrogen) atoms. The fourth-order valence-electron chi connectivity index (χ4n) is 3.07. The molecule has 1 unspecified atom stereocenters. The van der Waals surface area contributed by atoms with Gasteiger partial charge < -0.3 is 9.47 Å². The zero-order valence-corrected chi connectivity index (χ0v) is 12.7. The zero-order chi connectivity index (χ0) is 14.2. The number of thiophene rings is 1. The number of benzene rings is 2. The maximum absolute atomic E-state index is 6.13. The van der Waals surface area contributed by atoms with Crippen LogP contribution in [0.2, 0.25) is 0 Å². The average Bonchev–Trinajstić information content (AvgIpc) is 2.93. The van der Waals surface area contributed by atoms with Crippen molar-refractivity contribution in [3.05, 3.63) is 64.5 Å². The molecule has 0 bridgehead atoms. The van der Waals surface area contributed by atoms with Crippen LogP contribution in [0, 0.1) is 0 Å². The van der Waals surface area contributed by atoms with Gasteiger partial charge in [0.2, 0.25) is 0 Å². The number of hydrogen-bond donors (Lipinski definition) is 0. The SMILES string of the molecule is COc1ccccc1C1OCCc2sc3ccccc3c21. The molecule has 1 aliphatic rings. The number of hydrogen-bond acceptors (Lipinski definition) is 3. The Bertz CT molecular complexity index is 791. The molecule has 1 aliphatic heterocycles. The summed E-state index contributed by atoms with van der Waals surface area (Å²) in [5, 5.41) is 1.31. The van der Waals surface area contributed by atoms with Gasteiger partial charge in [0, 0.05) is 27.1 Å². The summed E-state index contributed by atoms with van der Waals surface area (Å²) in [5.74, 6) is 0.894. The lowest BCUT2D eigenvalue weighted by molar-refractivity contribution is 0.0705. The number of methoxy groups -OCH3 is 1. The molecular weight excluding hydrogens is 280 g/mol. The minimum atomic E-state index is -0.0268. The molecule has 4 rings (SSSR count). The molecule has 0 fully saturated rings. The van der Waals surface area contributed by atoms with Gasteiger partial charge in [0.1, 0.15) is 11.9 Å². The molecule has 2 heterocycles. The van der Waals surface area contributed by atoms with E-state index in [0.717, 1.165) is 24.3 Å². The maximum atomic E-state index is 6.13. The van der Waals surface area contributed by atoms with Crippen LogP contribution in [-0.4, -0.2) is 13.7 Å². The van der Waals surface area contributed by atoms with E-state index in [1.54, 1.807) is 7.11 Å². The zero-order valence-electron chi connectivity index (χ0n) is 11.8. The predicted molar refractivity (Wildman–Crippen MR) is 86.3 cm³/mol. The highest BCUT2D eigenvalue weighted by molar-refractivity contribution is 7.19. The first-order chi connectivity index (χ1) is 10.4. The van der Waals surface area contributed by atoms with Crippen LogP contribution in [0.5, 0.6) is 5.75 Å². The van der Waals surface area contributed by atoms with E-state index in [1.165, 1.54) is 20.5 Å². The molecule has 1 atom stereocenters. The standard InChI is InChI=1S/C18H16O2S/c1-19-14-8-4-2-6-12(14)18-17-13-7-3-5-9-15(13)21-16(17)10-11-20-18/h2-9,18H,10-11H2,1H3. The molecule has 0 saturated carbocycles. The molecule has 0 amide bonds. The van der Waals surface area contributed by atoms with Crippen molar-refractivity contribution < 1.29 is 9.47 Å². The largest absolute Gasteiger partial charge is 0.496 e. The van der Waals surface area contributed by atoms with Crippen molar-refractivity contribution in [2.75, 3.05) is 13.7 Å². The molecule has 2 aromatic carbocycles. The first-order valence-corrected chi connectivity index (χ1v) is 7.95. The second-order valence-electron chi connectivity index (χ2n) is 5.18. The van der Waals surface area contributed by atoms with Crippen molar-refractivity contribution in [3.63, 3.8) is 0 Å². The van der Waals surface area contributed by atoms with Crippen molar-refractivity contribution in [3.8, 4) is 5.75 Å². The van der Waals surface area contributed by atoms with E-state index < -0.39 is 0 Å². The minimum Gasteiger partial charge on any atom is -0.496 e.